The van der Waals surface area contributed by atoms with Crippen LogP contribution in [0.1, 0.15) is 36.6 Å². The molecule has 1 atom stereocenters. The molecule has 0 saturated carbocycles. The summed E-state index contributed by atoms with van der Waals surface area (Å²) in [5.74, 6) is -2.81. The van der Waals surface area contributed by atoms with Crippen molar-refractivity contribution in [2.24, 2.45) is 5.73 Å². The number of amides is 1. The van der Waals surface area contributed by atoms with Gasteiger partial charge in [0, 0.05) is 36.1 Å². The fraction of sp³-hybridized carbons (Fsp3) is 0.300. The number of nitrogens with two attached hydrogens (primary N) is 1. The van der Waals surface area contributed by atoms with Gasteiger partial charge in [0.15, 0.2) is 6.10 Å². The Labute approximate surface area is 172 Å². The lowest BCUT2D eigenvalue weighted by molar-refractivity contribution is -0.139. The number of amidine groups is 1. The SMILES string of the molecule is CCOc1cc(F)c(C(OCC)C(=O)N(Cl)Cc2ccc(C(=N)N)cc2)c(F)c1. The van der Waals surface area contributed by atoms with Gasteiger partial charge in [0.1, 0.15) is 23.2 Å². The zero-order valence-electron chi connectivity index (χ0n) is 16.0. The van der Waals surface area contributed by atoms with Crippen molar-refractivity contribution < 1.29 is 23.0 Å². The maximum atomic E-state index is 14.5. The highest BCUT2D eigenvalue weighted by Gasteiger charge is 2.31. The fourth-order valence-electron chi connectivity index (χ4n) is 2.66. The molecule has 9 heteroatoms. The average Bonchev–Trinajstić information content (AvgIpc) is 2.67. The Hall–Kier alpha value is -2.71. The van der Waals surface area contributed by atoms with E-state index in [1.165, 1.54) is 0 Å². The second-order valence-electron chi connectivity index (χ2n) is 6.04. The molecule has 2 aromatic rings. The minimum absolute atomic E-state index is 0.0160. The number of ether oxygens (including phenoxy) is 2. The molecule has 0 aliphatic rings. The number of benzene rings is 2. The van der Waals surface area contributed by atoms with Gasteiger partial charge in [-0.15, -0.1) is 0 Å². The van der Waals surface area contributed by atoms with Crippen LogP contribution in [0, 0.1) is 17.0 Å². The van der Waals surface area contributed by atoms with Gasteiger partial charge in [0.2, 0.25) is 0 Å². The molecule has 1 amide bonds. The third-order valence-electron chi connectivity index (χ3n) is 4.01. The van der Waals surface area contributed by atoms with Crippen LogP contribution in [0.4, 0.5) is 8.78 Å². The smallest absolute Gasteiger partial charge is 0.271 e. The van der Waals surface area contributed by atoms with Gasteiger partial charge in [-0.25, -0.2) is 13.2 Å². The lowest BCUT2D eigenvalue weighted by Gasteiger charge is -2.23. The van der Waals surface area contributed by atoms with E-state index in [-0.39, 0.29) is 31.3 Å². The van der Waals surface area contributed by atoms with Crippen LogP contribution >= 0.6 is 11.8 Å². The van der Waals surface area contributed by atoms with E-state index in [1.807, 2.05) is 0 Å². The lowest BCUT2D eigenvalue weighted by atomic mass is 10.1. The molecule has 0 fully saturated rings. The molecule has 29 heavy (non-hydrogen) atoms. The third kappa shape index (κ3) is 5.65. The number of nitrogen functional groups attached to an aromatic ring is 1. The summed E-state index contributed by atoms with van der Waals surface area (Å²) in [5, 5.41) is 7.39. The first-order valence-electron chi connectivity index (χ1n) is 8.92. The van der Waals surface area contributed by atoms with Crippen molar-refractivity contribution in [2.45, 2.75) is 26.5 Å². The van der Waals surface area contributed by atoms with Crippen LogP contribution < -0.4 is 10.5 Å². The van der Waals surface area contributed by atoms with Crippen molar-refractivity contribution in [3.05, 3.63) is 64.7 Å². The molecule has 0 aromatic heterocycles. The standard InChI is InChI=1S/C20H22ClF2N3O3/c1-3-28-14-9-15(22)17(16(23)10-14)18(29-4-2)20(27)26(21)11-12-5-7-13(8-6-12)19(24)25/h5-10,18H,3-4,11H2,1-2H3,(H3,24,25). The van der Waals surface area contributed by atoms with Crippen molar-refractivity contribution in [1.82, 2.24) is 4.42 Å². The Morgan fingerprint density at radius 3 is 2.24 bits per heavy atom. The summed E-state index contributed by atoms with van der Waals surface area (Å²) < 4.78 is 40.3. The Bertz CT molecular complexity index is 855. The van der Waals surface area contributed by atoms with E-state index in [0.29, 0.717) is 11.1 Å². The number of carbonyl (C=O) groups excluding carboxylic acids is 1. The monoisotopic (exact) mass is 425 g/mol. The van der Waals surface area contributed by atoms with Crippen molar-refractivity contribution in [3.8, 4) is 5.75 Å². The fourth-order valence-corrected chi connectivity index (χ4v) is 2.89. The van der Waals surface area contributed by atoms with Crippen LogP contribution in [-0.2, 0) is 16.1 Å². The minimum atomic E-state index is -1.55. The number of hydrogen-bond donors (Lipinski definition) is 2. The Kier molecular flexibility index (Phi) is 7.92. The highest BCUT2D eigenvalue weighted by Crippen LogP contribution is 2.30. The topological polar surface area (TPSA) is 88.6 Å². The van der Waals surface area contributed by atoms with Gasteiger partial charge < -0.3 is 15.2 Å². The van der Waals surface area contributed by atoms with E-state index in [0.717, 1.165) is 16.6 Å². The molecule has 0 aliphatic carbocycles. The average molecular weight is 426 g/mol. The molecular formula is C20H22ClF2N3O3. The summed E-state index contributed by atoms with van der Waals surface area (Å²) in [4.78, 5) is 12.8. The summed E-state index contributed by atoms with van der Waals surface area (Å²) >= 11 is 6.10. The first-order valence-corrected chi connectivity index (χ1v) is 9.26. The van der Waals surface area contributed by atoms with E-state index in [1.54, 1.807) is 38.1 Å². The highest BCUT2D eigenvalue weighted by atomic mass is 35.5. The van der Waals surface area contributed by atoms with Crippen LogP contribution in [-0.4, -0.2) is 29.4 Å². The molecular weight excluding hydrogens is 404 g/mol. The van der Waals surface area contributed by atoms with Crippen molar-refractivity contribution in [1.29, 1.82) is 5.41 Å². The number of halogens is 3. The second-order valence-corrected chi connectivity index (χ2v) is 6.45. The number of carbonyl (C=O) groups is 1. The van der Waals surface area contributed by atoms with Gasteiger partial charge in [0.05, 0.1) is 18.7 Å². The summed E-state index contributed by atoms with van der Waals surface area (Å²) in [7, 11) is 0. The largest absolute Gasteiger partial charge is 0.494 e. The minimum Gasteiger partial charge on any atom is -0.494 e. The second kappa shape index (κ2) is 10.2. The number of nitrogens with zero attached hydrogens (tertiary/aromatic N) is 1. The summed E-state index contributed by atoms with van der Waals surface area (Å²) in [6.07, 6.45) is -1.55. The molecule has 0 heterocycles. The maximum absolute atomic E-state index is 14.5. The van der Waals surface area contributed by atoms with Gasteiger partial charge in [-0.1, -0.05) is 24.3 Å². The number of hydrogen-bond acceptors (Lipinski definition) is 4. The first-order chi connectivity index (χ1) is 13.8. The van der Waals surface area contributed by atoms with Gasteiger partial charge >= 0.3 is 0 Å². The molecule has 0 radical (unpaired) electrons. The van der Waals surface area contributed by atoms with Crippen LogP contribution in [0.15, 0.2) is 36.4 Å². The van der Waals surface area contributed by atoms with E-state index >= 15 is 0 Å². The molecule has 2 rings (SSSR count). The molecule has 1 unspecified atom stereocenters. The predicted octanol–water partition coefficient (Wildman–Crippen LogP) is 3.91. The molecule has 6 nitrogen and oxygen atoms in total. The molecule has 156 valence electrons. The van der Waals surface area contributed by atoms with E-state index in [9.17, 15) is 13.6 Å². The van der Waals surface area contributed by atoms with E-state index in [4.69, 9.17) is 32.4 Å². The summed E-state index contributed by atoms with van der Waals surface area (Å²) in [6, 6.07) is 8.51. The van der Waals surface area contributed by atoms with Crippen molar-refractivity contribution >= 4 is 23.5 Å². The lowest BCUT2D eigenvalue weighted by Crippen LogP contribution is -2.30. The quantitative estimate of drug-likeness (QED) is 0.362. The Morgan fingerprint density at radius 2 is 1.76 bits per heavy atom. The van der Waals surface area contributed by atoms with Crippen LogP contribution in [0.5, 0.6) is 5.75 Å². The molecule has 2 aromatic carbocycles. The van der Waals surface area contributed by atoms with Gasteiger partial charge in [-0.05, 0) is 19.4 Å². The summed E-state index contributed by atoms with van der Waals surface area (Å²) in [6.45, 7) is 3.53. The molecule has 0 saturated heterocycles. The maximum Gasteiger partial charge on any atom is 0.271 e. The Morgan fingerprint density at radius 1 is 1.17 bits per heavy atom. The Balaban J connectivity index is 2.25. The number of rotatable bonds is 9. The van der Waals surface area contributed by atoms with Gasteiger partial charge in [-0.3, -0.25) is 10.2 Å². The van der Waals surface area contributed by atoms with Gasteiger partial charge in [-0.2, -0.15) is 0 Å². The highest BCUT2D eigenvalue weighted by molar-refractivity contribution is 6.21. The normalized spacial score (nSPS) is 11.8. The molecule has 0 spiro atoms. The first kappa shape index (κ1) is 22.6. The van der Waals surface area contributed by atoms with E-state index < -0.39 is 29.2 Å². The van der Waals surface area contributed by atoms with Crippen molar-refractivity contribution in [3.63, 3.8) is 0 Å². The zero-order valence-corrected chi connectivity index (χ0v) is 16.8. The van der Waals surface area contributed by atoms with Crippen LogP contribution in [0.2, 0.25) is 0 Å². The van der Waals surface area contributed by atoms with Crippen molar-refractivity contribution in [2.75, 3.05) is 13.2 Å². The number of nitrogens with one attached hydrogen (secondary N) is 1. The van der Waals surface area contributed by atoms with Crippen LogP contribution in [0.25, 0.3) is 0 Å². The molecule has 3 N–H and O–H groups in total. The molecule has 0 bridgehead atoms. The third-order valence-corrected chi connectivity index (χ3v) is 4.29. The summed E-state index contributed by atoms with van der Waals surface area (Å²) in [5.41, 5.74) is 6.04. The van der Waals surface area contributed by atoms with Crippen LogP contribution in [0.3, 0.4) is 0 Å². The predicted molar refractivity (Wildman–Crippen MR) is 106 cm³/mol. The van der Waals surface area contributed by atoms with E-state index in [2.05, 4.69) is 0 Å². The zero-order chi connectivity index (χ0) is 21.6. The van der Waals surface area contributed by atoms with Gasteiger partial charge in [0.25, 0.3) is 5.91 Å². The molecule has 0 aliphatic heterocycles.